The van der Waals surface area contributed by atoms with Gasteiger partial charge < -0.3 is 20.2 Å². The average molecular weight is 414 g/mol. The summed E-state index contributed by atoms with van der Waals surface area (Å²) >= 11 is 0. The maximum Gasteiger partial charge on any atom is 0.322 e. The standard InChI is InChI=1S/C24H22N4O3/c29-15-21-22-18-10-4-5-11-19(18)27(23(30)16-7-6-12-25-13-16)14-20(22)28(21)24(31)26-17-8-2-1-3-9-17/h1-13,20-22,29H,14-15H2,(H,26,31)/t20-,21-,22+/m1/s1. The van der Waals surface area contributed by atoms with Crippen molar-refractivity contribution in [3.05, 3.63) is 90.3 Å². The van der Waals surface area contributed by atoms with E-state index in [1.54, 1.807) is 34.3 Å². The molecule has 31 heavy (non-hydrogen) atoms. The molecule has 3 heterocycles. The molecular formula is C24H22N4O3. The minimum absolute atomic E-state index is 0.0272. The van der Waals surface area contributed by atoms with Gasteiger partial charge in [0.15, 0.2) is 0 Å². The van der Waals surface area contributed by atoms with Crippen LogP contribution >= 0.6 is 0 Å². The number of hydrogen-bond acceptors (Lipinski definition) is 4. The van der Waals surface area contributed by atoms with E-state index in [1.165, 1.54) is 0 Å². The summed E-state index contributed by atoms with van der Waals surface area (Å²) in [5, 5.41) is 13.0. The van der Waals surface area contributed by atoms with Crippen molar-refractivity contribution in [1.29, 1.82) is 0 Å². The summed E-state index contributed by atoms with van der Waals surface area (Å²) in [5.74, 6) is -0.185. The second-order valence-corrected chi connectivity index (χ2v) is 7.76. The molecule has 1 fully saturated rings. The quantitative estimate of drug-likeness (QED) is 0.690. The molecule has 0 spiro atoms. The molecule has 2 aliphatic rings. The number of nitrogens with zero attached hydrogens (tertiary/aromatic N) is 3. The summed E-state index contributed by atoms with van der Waals surface area (Å²) < 4.78 is 0. The molecule has 1 aromatic heterocycles. The SMILES string of the molecule is O=C(c1cccnc1)N1C[C@@H]2[C@H](c3ccccc31)[C@@H](CO)N2C(=O)Nc1ccccc1. The maximum absolute atomic E-state index is 13.3. The molecule has 2 N–H and O–H groups in total. The fourth-order valence-electron chi connectivity index (χ4n) is 4.71. The first kappa shape index (κ1) is 19.3. The zero-order valence-corrected chi connectivity index (χ0v) is 16.8. The van der Waals surface area contributed by atoms with Gasteiger partial charge in [-0.2, -0.15) is 0 Å². The Balaban J connectivity index is 1.47. The van der Waals surface area contributed by atoms with Crippen molar-refractivity contribution in [2.45, 2.75) is 18.0 Å². The highest BCUT2D eigenvalue weighted by atomic mass is 16.3. The van der Waals surface area contributed by atoms with Crippen LogP contribution in [-0.2, 0) is 0 Å². The summed E-state index contributed by atoms with van der Waals surface area (Å²) in [6, 6.07) is 19.6. The van der Waals surface area contributed by atoms with Gasteiger partial charge in [0.05, 0.1) is 24.3 Å². The van der Waals surface area contributed by atoms with Gasteiger partial charge in [-0.05, 0) is 35.9 Å². The van der Waals surface area contributed by atoms with Crippen LogP contribution in [0.5, 0.6) is 0 Å². The van der Waals surface area contributed by atoms with Gasteiger partial charge in [0.2, 0.25) is 0 Å². The lowest BCUT2D eigenvalue weighted by Gasteiger charge is -2.58. The van der Waals surface area contributed by atoms with Gasteiger partial charge in [0.25, 0.3) is 5.91 Å². The van der Waals surface area contributed by atoms with E-state index >= 15 is 0 Å². The Labute approximate surface area is 179 Å². The third-order valence-electron chi connectivity index (χ3n) is 6.10. The number of aromatic nitrogens is 1. The van der Waals surface area contributed by atoms with E-state index in [1.807, 2.05) is 54.6 Å². The lowest BCUT2D eigenvalue weighted by Crippen LogP contribution is -2.71. The highest BCUT2D eigenvalue weighted by molar-refractivity contribution is 6.07. The number of urea groups is 1. The van der Waals surface area contributed by atoms with Gasteiger partial charge in [0, 0.05) is 36.2 Å². The number of anilines is 2. The van der Waals surface area contributed by atoms with Crippen molar-refractivity contribution in [2.75, 3.05) is 23.4 Å². The predicted molar refractivity (Wildman–Crippen MR) is 117 cm³/mol. The Bertz CT molecular complexity index is 1110. The second-order valence-electron chi connectivity index (χ2n) is 7.76. The van der Waals surface area contributed by atoms with Crippen LogP contribution in [0, 0.1) is 0 Å². The zero-order valence-electron chi connectivity index (χ0n) is 16.8. The van der Waals surface area contributed by atoms with Crippen LogP contribution in [0.25, 0.3) is 0 Å². The number of pyridine rings is 1. The number of amides is 3. The lowest BCUT2D eigenvalue weighted by molar-refractivity contribution is -0.00265. The van der Waals surface area contributed by atoms with Crippen LogP contribution in [0.2, 0.25) is 0 Å². The molecule has 0 radical (unpaired) electrons. The summed E-state index contributed by atoms with van der Waals surface area (Å²) in [5.41, 5.74) is 2.97. The van der Waals surface area contributed by atoms with E-state index in [-0.39, 0.29) is 36.5 Å². The van der Waals surface area contributed by atoms with Crippen LogP contribution in [0.15, 0.2) is 79.1 Å². The Hall–Kier alpha value is -3.71. The molecule has 3 atom stereocenters. The Morgan fingerprint density at radius 3 is 2.55 bits per heavy atom. The van der Waals surface area contributed by atoms with Gasteiger partial charge in [-0.3, -0.25) is 9.78 Å². The number of likely N-dealkylation sites (tertiary alicyclic amines) is 1. The molecule has 3 amide bonds. The molecule has 2 aliphatic heterocycles. The highest BCUT2D eigenvalue weighted by Crippen LogP contribution is 2.48. The number of aliphatic hydroxyl groups excluding tert-OH is 1. The Morgan fingerprint density at radius 2 is 1.81 bits per heavy atom. The van der Waals surface area contributed by atoms with E-state index in [2.05, 4.69) is 10.3 Å². The van der Waals surface area contributed by atoms with Gasteiger partial charge in [-0.25, -0.2) is 4.79 Å². The van der Waals surface area contributed by atoms with Gasteiger partial charge in [-0.1, -0.05) is 36.4 Å². The highest BCUT2D eigenvalue weighted by Gasteiger charge is 2.55. The van der Waals surface area contributed by atoms with Crippen molar-refractivity contribution in [3.63, 3.8) is 0 Å². The molecular weight excluding hydrogens is 392 g/mol. The number of benzene rings is 2. The van der Waals surface area contributed by atoms with Crippen molar-refractivity contribution in [3.8, 4) is 0 Å². The van der Waals surface area contributed by atoms with E-state index in [0.717, 1.165) is 11.3 Å². The summed E-state index contributed by atoms with van der Waals surface area (Å²) in [6.45, 7) is 0.211. The summed E-state index contributed by atoms with van der Waals surface area (Å²) in [4.78, 5) is 33.8. The smallest absolute Gasteiger partial charge is 0.322 e. The topological polar surface area (TPSA) is 85.8 Å². The first-order valence-corrected chi connectivity index (χ1v) is 10.2. The van der Waals surface area contributed by atoms with Crippen LogP contribution in [0.3, 0.4) is 0 Å². The van der Waals surface area contributed by atoms with E-state index in [9.17, 15) is 14.7 Å². The fourth-order valence-corrected chi connectivity index (χ4v) is 4.71. The van der Waals surface area contributed by atoms with Gasteiger partial charge in [-0.15, -0.1) is 0 Å². The molecule has 7 heteroatoms. The molecule has 0 aliphatic carbocycles. The number of carbonyl (C=O) groups is 2. The monoisotopic (exact) mass is 414 g/mol. The lowest BCUT2D eigenvalue weighted by atomic mass is 9.72. The normalized spacial score (nSPS) is 21.5. The first-order chi connectivity index (χ1) is 15.2. The van der Waals surface area contributed by atoms with Crippen LogP contribution < -0.4 is 10.2 Å². The minimum atomic E-state index is -0.342. The third kappa shape index (κ3) is 3.23. The molecule has 156 valence electrons. The minimum Gasteiger partial charge on any atom is -0.394 e. The number of para-hydroxylation sites is 2. The number of hydrogen-bond donors (Lipinski definition) is 2. The Morgan fingerprint density at radius 1 is 1.03 bits per heavy atom. The number of carbonyl (C=O) groups excluding carboxylic acids is 2. The maximum atomic E-state index is 13.3. The number of nitrogens with one attached hydrogen (secondary N) is 1. The van der Waals surface area contributed by atoms with Crippen LogP contribution in [-0.4, -0.2) is 52.2 Å². The van der Waals surface area contributed by atoms with Crippen molar-refractivity contribution in [1.82, 2.24) is 9.88 Å². The van der Waals surface area contributed by atoms with Crippen molar-refractivity contribution in [2.24, 2.45) is 0 Å². The zero-order chi connectivity index (χ0) is 21.4. The molecule has 3 aromatic rings. The van der Waals surface area contributed by atoms with Crippen LogP contribution in [0.1, 0.15) is 21.8 Å². The number of aliphatic hydroxyl groups is 1. The van der Waals surface area contributed by atoms with E-state index in [0.29, 0.717) is 17.8 Å². The van der Waals surface area contributed by atoms with Gasteiger partial charge >= 0.3 is 6.03 Å². The van der Waals surface area contributed by atoms with E-state index < -0.39 is 0 Å². The predicted octanol–water partition coefficient (Wildman–Crippen LogP) is 3.10. The molecule has 1 saturated heterocycles. The molecule has 2 aromatic carbocycles. The van der Waals surface area contributed by atoms with Crippen molar-refractivity contribution >= 4 is 23.3 Å². The van der Waals surface area contributed by atoms with Crippen LogP contribution in [0.4, 0.5) is 16.2 Å². The molecule has 0 unspecified atom stereocenters. The Kier molecular flexibility index (Phi) is 4.88. The van der Waals surface area contributed by atoms with Gasteiger partial charge in [0.1, 0.15) is 0 Å². The number of rotatable bonds is 3. The first-order valence-electron chi connectivity index (χ1n) is 10.2. The third-order valence-corrected chi connectivity index (χ3v) is 6.10. The fraction of sp³-hybridized carbons (Fsp3) is 0.208. The number of fused-ring (bicyclic) bond motifs is 3. The molecule has 0 saturated carbocycles. The summed E-state index contributed by atoms with van der Waals surface area (Å²) in [6.07, 6.45) is 3.18. The second kappa shape index (κ2) is 7.85. The largest absolute Gasteiger partial charge is 0.394 e. The average Bonchev–Trinajstić information content (AvgIpc) is 2.80. The molecule has 5 rings (SSSR count). The summed E-state index contributed by atoms with van der Waals surface area (Å²) in [7, 11) is 0. The van der Waals surface area contributed by atoms with E-state index in [4.69, 9.17) is 0 Å². The van der Waals surface area contributed by atoms with Crippen molar-refractivity contribution < 1.29 is 14.7 Å². The molecule has 7 nitrogen and oxygen atoms in total. The molecule has 0 bridgehead atoms.